The normalized spacial score (nSPS) is 19.5. The first kappa shape index (κ1) is 13.7. The first-order valence-electron chi connectivity index (χ1n) is 5.99. The Morgan fingerprint density at radius 3 is 2.63 bits per heavy atom. The van der Waals surface area contributed by atoms with Gasteiger partial charge in [0.15, 0.2) is 6.61 Å². The van der Waals surface area contributed by atoms with Crippen LogP contribution in [0.2, 0.25) is 0 Å². The molecule has 6 heteroatoms. The van der Waals surface area contributed by atoms with Crippen LogP contribution < -0.4 is 0 Å². The summed E-state index contributed by atoms with van der Waals surface area (Å²) >= 11 is 0. The molecule has 0 N–H and O–H groups in total. The maximum Gasteiger partial charge on any atom is 0.422 e. The number of alkyl halides is 3. The van der Waals surface area contributed by atoms with Gasteiger partial charge in [-0.2, -0.15) is 13.2 Å². The van der Waals surface area contributed by atoms with Crippen LogP contribution >= 0.6 is 0 Å². The molecule has 1 aromatic carbocycles. The van der Waals surface area contributed by atoms with Gasteiger partial charge in [-0.05, 0) is 12.0 Å². The van der Waals surface area contributed by atoms with E-state index in [4.69, 9.17) is 0 Å². The highest BCUT2D eigenvalue weighted by atomic mass is 19.4. The van der Waals surface area contributed by atoms with Crippen molar-refractivity contribution in [2.45, 2.75) is 18.5 Å². The fourth-order valence-corrected chi connectivity index (χ4v) is 2.16. The third kappa shape index (κ3) is 3.87. The van der Waals surface area contributed by atoms with E-state index < -0.39 is 18.9 Å². The first-order valence-corrected chi connectivity index (χ1v) is 5.99. The summed E-state index contributed by atoms with van der Waals surface area (Å²) in [6.45, 7) is -0.699. The van der Waals surface area contributed by atoms with Crippen molar-refractivity contribution in [3.8, 4) is 0 Å². The standard InChI is InChI=1S/C13H14F3NO2/c14-13(15,16)9-19-12(18)17-7-6-11(8-17)10-4-2-1-3-5-10/h1-5,11H,6-9H2/t11-/m1/s1. The largest absolute Gasteiger partial charge is 0.440 e. The van der Waals surface area contributed by atoms with E-state index in [0.717, 1.165) is 12.0 Å². The van der Waals surface area contributed by atoms with E-state index in [1.165, 1.54) is 4.90 Å². The lowest BCUT2D eigenvalue weighted by atomic mass is 9.99. The Bertz CT molecular complexity index is 433. The summed E-state index contributed by atoms with van der Waals surface area (Å²) in [5.41, 5.74) is 1.09. The van der Waals surface area contributed by atoms with Gasteiger partial charge in [-0.1, -0.05) is 30.3 Å². The van der Waals surface area contributed by atoms with Crippen molar-refractivity contribution in [3.63, 3.8) is 0 Å². The van der Waals surface area contributed by atoms with Crippen molar-refractivity contribution in [1.82, 2.24) is 4.90 Å². The highest BCUT2D eigenvalue weighted by molar-refractivity contribution is 5.68. The Balaban J connectivity index is 1.86. The lowest BCUT2D eigenvalue weighted by Crippen LogP contribution is -2.32. The van der Waals surface area contributed by atoms with E-state index in [0.29, 0.717) is 13.1 Å². The lowest BCUT2D eigenvalue weighted by molar-refractivity contribution is -0.162. The van der Waals surface area contributed by atoms with Crippen LogP contribution in [-0.2, 0) is 4.74 Å². The molecule has 19 heavy (non-hydrogen) atoms. The minimum atomic E-state index is -4.48. The highest BCUT2D eigenvalue weighted by Crippen LogP contribution is 2.27. The number of carbonyl (C=O) groups is 1. The zero-order valence-corrected chi connectivity index (χ0v) is 10.2. The molecule has 1 amide bonds. The van der Waals surface area contributed by atoms with Gasteiger partial charge in [-0.3, -0.25) is 0 Å². The van der Waals surface area contributed by atoms with Gasteiger partial charge < -0.3 is 9.64 Å². The van der Waals surface area contributed by atoms with Crippen molar-refractivity contribution in [3.05, 3.63) is 35.9 Å². The number of halogens is 3. The SMILES string of the molecule is O=C(OCC(F)(F)F)N1CC[C@@H](c2ccccc2)C1. The maximum atomic E-state index is 11.9. The average molecular weight is 273 g/mol. The molecule has 1 aliphatic rings. The number of hydrogen-bond donors (Lipinski definition) is 0. The molecule has 0 spiro atoms. The number of likely N-dealkylation sites (tertiary alicyclic amines) is 1. The molecule has 0 unspecified atom stereocenters. The predicted octanol–water partition coefficient (Wildman–Crippen LogP) is 3.17. The molecular formula is C13H14F3NO2. The third-order valence-corrected chi connectivity index (χ3v) is 3.08. The molecule has 0 saturated carbocycles. The van der Waals surface area contributed by atoms with Gasteiger partial charge in [-0.25, -0.2) is 4.79 Å². The number of nitrogens with zero attached hydrogens (tertiary/aromatic N) is 1. The Kier molecular flexibility index (Phi) is 3.97. The van der Waals surface area contributed by atoms with Gasteiger partial charge in [0.2, 0.25) is 0 Å². The van der Waals surface area contributed by atoms with Crippen LogP contribution in [0, 0.1) is 0 Å². The fraction of sp³-hybridized carbons (Fsp3) is 0.462. The zero-order chi connectivity index (χ0) is 13.9. The predicted molar refractivity (Wildman–Crippen MR) is 62.8 cm³/mol. The average Bonchev–Trinajstić information content (AvgIpc) is 2.86. The van der Waals surface area contributed by atoms with Gasteiger partial charge in [0.05, 0.1) is 0 Å². The molecule has 1 saturated heterocycles. The summed E-state index contributed by atoms with van der Waals surface area (Å²) in [4.78, 5) is 12.8. The van der Waals surface area contributed by atoms with Gasteiger partial charge in [0.1, 0.15) is 0 Å². The Morgan fingerprint density at radius 1 is 1.32 bits per heavy atom. The smallest absolute Gasteiger partial charge is 0.422 e. The third-order valence-electron chi connectivity index (χ3n) is 3.08. The maximum absolute atomic E-state index is 11.9. The van der Waals surface area contributed by atoms with Gasteiger partial charge in [0.25, 0.3) is 0 Å². The van der Waals surface area contributed by atoms with Crippen molar-refractivity contribution in [1.29, 1.82) is 0 Å². The molecule has 1 aliphatic heterocycles. The van der Waals surface area contributed by atoms with Gasteiger partial charge in [-0.15, -0.1) is 0 Å². The monoisotopic (exact) mass is 273 g/mol. The molecule has 0 bridgehead atoms. The number of benzene rings is 1. The van der Waals surface area contributed by atoms with Crippen molar-refractivity contribution < 1.29 is 22.7 Å². The quantitative estimate of drug-likeness (QED) is 0.828. The molecule has 1 atom stereocenters. The van der Waals surface area contributed by atoms with Crippen LogP contribution in [0.15, 0.2) is 30.3 Å². The summed E-state index contributed by atoms with van der Waals surface area (Å²) in [6.07, 6.45) is -4.63. The molecule has 1 aromatic rings. The van der Waals surface area contributed by atoms with E-state index in [2.05, 4.69) is 4.74 Å². The van der Waals surface area contributed by atoms with E-state index in [1.807, 2.05) is 30.3 Å². The molecule has 1 heterocycles. The van der Waals surface area contributed by atoms with Crippen LogP contribution in [0.25, 0.3) is 0 Å². The summed E-state index contributed by atoms with van der Waals surface area (Å²) in [6, 6.07) is 9.61. The van der Waals surface area contributed by atoms with E-state index in [1.54, 1.807) is 0 Å². The Morgan fingerprint density at radius 2 is 2.00 bits per heavy atom. The molecule has 1 fully saturated rings. The fourth-order valence-electron chi connectivity index (χ4n) is 2.16. The van der Waals surface area contributed by atoms with E-state index in [-0.39, 0.29) is 5.92 Å². The van der Waals surface area contributed by atoms with Crippen molar-refractivity contribution in [2.75, 3.05) is 19.7 Å². The molecule has 0 radical (unpaired) electrons. The molecular weight excluding hydrogens is 259 g/mol. The molecule has 2 rings (SSSR count). The summed E-state index contributed by atoms with van der Waals surface area (Å²) < 4.78 is 40.1. The van der Waals surface area contributed by atoms with E-state index >= 15 is 0 Å². The van der Waals surface area contributed by atoms with Crippen LogP contribution in [0.4, 0.5) is 18.0 Å². The minimum absolute atomic E-state index is 0.166. The lowest BCUT2D eigenvalue weighted by Gasteiger charge is -2.17. The number of ether oxygens (including phenoxy) is 1. The number of carbonyl (C=O) groups excluding carboxylic acids is 1. The summed E-state index contributed by atoms with van der Waals surface area (Å²) in [7, 11) is 0. The first-order chi connectivity index (χ1) is 8.96. The van der Waals surface area contributed by atoms with Crippen molar-refractivity contribution >= 4 is 6.09 Å². The Labute approximate surface area is 109 Å². The summed E-state index contributed by atoms with van der Waals surface area (Å²) in [5, 5.41) is 0. The van der Waals surface area contributed by atoms with Crippen LogP contribution in [0.1, 0.15) is 17.9 Å². The molecule has 0 aliphatic carbocycles. The van der Waals surface area contributed by atoms with Gasteiger partial charge >= 0.3 is 12.3 Å². The zero-order valence-electron chi connectivity index (χ0n) is 10.2. The number of amides is 1. The second-order valence-electron chi connectivity index (χ2n) is 4.51. The van der Waals surface area contributed by atoms with Crippen LogP contribution in [0.5, 0.6) is 0 Å². The van der Waals surface area contributed by atoms with Gasteiger partial charge in [0, 0.05) is 19.0 Å². The minimum Gasteiger partial charge on any atom is -0.440 e. The second kappa shape index (κ2) is 5.50. The van der Waals surface area contributed by atoms with Crippen molar-refractivity contribution in [2.24, 2.45) is 0 Å². The van der Waals surface area contributed by atoms with E-state index in [9.17, 15) is 18.0 Å². The van der Waals surface area contributed by atoms with Crippen LogP contribution in [-0.4, -0.2) is 36.9 Å². The summed E-state index contributed by atoms with van der Waals surface area (Å²) in [5.74, 6) is 0.166. The topological polar surface area (TPSA) is 29.5 Å². The highest BCUT2D eigenvalue weighted by Gasteiger charge is 2.33. The van der Waals surface area contributed by atoms with Crippen LogP contribution in [0.3, 0.4) is 0 Å². The Hall–Kier alpha value is -1.72. The second-order valence-corrected chi connectivity index (χ2v) is 4.51. The number of hydrogen-bond acceptors (Lipinski definition) is 2. The molecule has 104 valence electrons. The molecule has 0 aromatic heterocycles. The molecule has 3 nitrogen and oxygen atoms in total. The number of rotatable bonds is 2.